The Bertz CT molecular complexity index is 592. The zero-order chi connectivity index (χ0) is 15.5. The molecule has 0 aromatic heterocycles. The molecule has 1 atom stereocenters. The maximum absolute atomic E-state index is 12.5. The van der Waals surface area contributed by atoms with Crippen LogP contribution in [0.2, 0.25) is 0 Å². The molecule has 0 heterocycles. The minimum absolute atomic E-state index is 0. The summed E-state index contributed by atoms with van der Waals surface area (Å²) in [5, 5.41) is 0. The summed E-state index contributed by atoms with van der Waals surface area (Å²) in [6.07, 6.45) is 4.37. The number of hydrogen-bond acceptors (Lipinski definition) is 4. The zero-order valence-electron chi connectivity index (χ0n) is 12.4. The van der Waals surface area contributed by atoms with E-state index in [2.05, 4.69) is 20.7 Å². The van der Waals surface area contributed by atoms with Crippen LogP contribution in [0.1, 0.15) is 25.7 Å². The Kier molecular flexibility index (Phi) is 7.61. The van der Waals surface area contributed by atoms with Gasteiger partial charge in [0.1, 0.15) is 5.75 Å². The van der Waals surface area contributed by atoms with Crippen LogP contribution in [0.5, 0.6) is 5.75 Å². The second-order valence-corrected chi connectivity index (χ2v) is 7.87. The molecule has 1 aromatic carbocycles. The van der Waals surface area contributed by atoms with Crippen LogP contribution in [0.4, 0.5) is 0 Å². The summed E-state index contributed by atoms with van der Waals surface area (Å²) in [7, 11) is -2.08. The van der Waals surface area contributed by atoms with E-state index in [0.717, 1.165) is 30.2 Å². The molecule has 126 valence electrons. The lowest BCUT2D eigenvalue weighted by atomic mass is 9.99. The molecule has 22 heavy (non-hydrogen) atoms. The van der Waals surface area contributed by atoms with Crippen molar-refractivity contribution >= 4 is 38.4 Å². The largest absolute Gasteiger partial charge is 0.496 e. The second kappa shape index (κ2) is 8.49. The van der Waals surface area contributed by atoms with Gasteiger partial charge in [-0.1, -0.05) is 12.8 Å². The van der Waals surface area contributed by atoms with Gasteiger partial charge in [0.2, 0.25) is 10.0 Å². The lowest BCUT2D eigenvalue weighted by Crippen LogP contribution is -2.44. The number of nitrogens with one attached hydrogen (secondary N) is 1. The van der Waals surface area contributed by atoms with E-state index in [4.69, 9.17) is 10.5 Å². The van der Waals surface area contributed by atoms with Crippen molar-refractivity contribution in [1.82, 2.24) is 4.72 Å². The molecule has 0 spiro atoms. The molecule has 0 aliphatic heterocycles. The van der Waals surface area contributed by atoms with Gasteiger partial charge in [0.15, 0.2) is 0 Å². The summed E-state index contributed by atoms with van der Waals surface area (Å²) in [5.41, 5.74) is 5.76. The van der Waals surface area contributed by atoms with E-state index in [-0.39, 0.29) is 23.3 Å². The van der Waals surface area contributed by atoms with Crippen molar-refractivity contribution in [1.29, 1.82) is 0 Å². The van der Waals surface area contributed by atoms with Crippen LogP contribution in [0.15, 0.2) is 27.6 Å². The third-order valence-electron chi connectivity index (χ3n) is 3.96. The van der Waals surface area contributed by atoms with Gasteiger partial charge in [-0.2, -0.15) is 0 Å². The number of hydrogen-bond donors (Lipinski definition) is 2. The Morgan fingerprint density at radius 3 is 2.59 bits per heavy atom. The zero-order valence-corrected chi connectivity index (χ0v) is 15.6. The van der Waals surface area contributed by atoms with E-state index in [1.54, 1.807) is 12.1 Å². The number of ether oxygens (including phenoxy) is 1. The Balaban J connectivity index is 0.00000242. The summed E-state index contributed by atoms with van der Waals surface area (Å²) in [6.45, 7) is 0.317. The molecule has 1 fully saturated rings. The highest BCUT2D eigenvalue weighted by molar-refractivity contribution is 9.10. The standard InChI is InChI=1S/C14H21BrN2O3S.ClH/c1-20-14-8-11(6-7-12(14)15)21(18,19)17-13(9-16)10-4-2-3-5-10;/h6-8,10,13,17H,2-5,9,16H2,1H3;1H. The molecule has 8 heteroatoms. The lowest BCUT2D eigenvalue weighted by molar-refractivity contribution is 0.403. The molecule has 1 aromatic rings. The summed E-state index contributed by atoms with van der Waals surface area (Å²) < 4.78 is 33.6. The molecule has 1 unspecified atom stereocenters. The van der Waals surface area contributed by atoms with Crippen LogP contribution < -0.4 is 15.2 Å². The quantitative estimate of drug-likeness (QED) is 0.751. The van der Waals surface area contributed by atoms with Crippen molar-refractivity contribution in [2.75, 3.05) is 13.7 Å². The van der Waals surface area contributed by atoms with Crippen molar-refractivity contribution < 1.29 is 13.2 Å². The highest BCUT2D eigenvalue weighted by Gasteiger charge is 2.28. The number of rotatable bonds is 6. The average molecular weight is 414 g/mol. The Labute approximate surface area is 146 Å². The Morgan fingerprint density at radius 2 is 2.05 bits per heavy atom. The fourth-order valence-corrected chi connectivity index (χ4v) is 4.51. The van der Waals surface area contributed by atoms with E-state index in [0.29, 0.717) is 18.2 Å². The average Bonchev–Trinajstić information content (AvgIpc) is 2.99. The number of methoxy groups -OCH3 is 1. The lowest BCUT2D eigenvalue weighted by Gasteiger charge is -2.23. The molecule has 0 radical (unpaired) electrons. The van der Waals surface area contributed by atoms with Crippen LogP contribution >= 0.6 is 28.3 Å². The van der Waals surface area contributed by atoms with Gasteiger partial charge in [-0.05, 0) is 46.8 Å². The van der Waals surface area contributed by atoms with Crippen molar-refractivity contribution in [2.45, 2.75) is 36.6 Å². The molecule has 1 saturated carbocycles. The number of halogens is 2. The first-order valence-electron chi connectivity index (χ1n) is 7.04. The maximum Gasteiger partial charge on any atom is 0.241 e. The first-order chi connectivity index (χ1) is 9.97. The van der Waals surface area contributed by atoms with Gasteiger partial charge in [-0.3, -0.25) is 0 Å². The number of sulfonamides is 1. The summed E-state index contributed by atoms with van der Waals surface area (Å²) in [5.74, 6) is 0.824. The maximum atomic E-state index is 12.5. The minimum Gasteiger partial charge on any atom is -0.496 e. The van der Waals surface area contributed by atoms with Gasteiger partial charge < -0.3 is 10.5 Å². The van der Waals surface area contributed by atoms with Crippen LogP contribution in [0, 0.1) is 5.92 Å². The third kappa shape index (κ3) is 4.58. The smallest absolute Gasteiger partial charge is 0.241 e. The van der Waals surface area contributed by atoms with Gasteiger partial charge in [-0.25, -0.2) is 13.1 Å². The minimum atomic E-state index is -3.59. The monoisotopic (exact) mass is 412 g/mol. The fraction of sp³-hybridized carbons (Fsp3) is 0.571. The summed E-state index contributed by atoms with van der Waals surface area (Å²) >= 11 is 3.32. The predicted octanol–water partition coefficient (Wildman–Crippen LogP) is 2.68. The van der Waals surface area contributed by atoms with Gasteiger partial charge >= 0.3 is 0 Å². The molecule has 1 aliphatic rings. The van der Waals surface area contributed by atoms with Crippen LogP contribution in [0.25, 0.3) is 0 Å². The van der Waals surface area contributed by atoms with Crippen molar-refractivity contribution in [3.63, 3.8) is 0 Å². The Hall–Kier alpha value is -0.340. The van der Waals surface area contributed by atoms with Crippen molar-refractivity contribution in [3.05, 3.63) is 22.7 Å². The third-order valence-corrected chi connectivity index (χ3v) is 6.10. The van der Waals surface area contributed by atoms with Gasteiger partial charge in [0, 0.05) is 18.7 Å². The first-order valence-corrected chi connectivity index (χ1v) is 9.31. The van der Waals surface area contributed by atoms with Crippen LogP contribution in [0.3, 0.4) is 0 Å². The summed E-state index contributed by atoms with van der Waals surface area (Å²) in [4.78, 5) is 0.194. The van der Waals surface area contributed by atoms with E-state index in [1.807, 2.05) is 0 Å². The molecule has 2 rings (SSSR count). The van der Waals surface area contributed by atoms with Crippen molar-refractivity contribution in [2.24, 2.45) is 11.7 Å². The van der Waals surface area contributed by atoms with Gasteiger partial charge in [0.05, 0.1) is 16.5 Å². The van der Waals surface area contributed by atoms with Crippen LogP contribution in [-0.2, 0) is 10.0 Å². The fourth-order valence-electron chi connectivity index (χ4n) is 2.77. The van der Waals surface area contributed by atoms with E-state index in [9.17, 15) is 8.42 Å². The van der Waals surface area contributed by atoms with Gasteiger partial charge in [0.25, 0.3) is 0 Å². The number of nitrogens with two attached hydrogens (primary N) is 1. The molecular weight excluding hydrogens is 392 g/mol. The molecule has 0 saturated heterocycles. The van der Waals surface area contributed by atoms with E-state index >= 15 is 0 Å². The molecule has 5 nitrogen and oxygen atoms in total. The van der Waals surface area contributed by atoms with Crippen molar-refractivity contribution in [3.8, 4) is 5.75 Å². The normalized spacial score (nSPS) is 17.0. The second-order valence-electron chi connectivity index (χ2n) is 5.30. The predicted molar refractivity (Wildman–Crippen MR) is 93.1 cm³/mol. The highest BCUT2D eigenvalue weighted by atomic mass is 79.9. The molecule has 3 N–H and O–H groups in total. The molecular formula is C14H22BrClN2O3S. The van der Waals surface area contributed by atoms with E-state index in [1.165, 1.54) is 13.2 Å². The Morgan fingerprint density at radius 1 is 1.41 bits per heavy atom. The van der Waals surface area contributed by atoms with Gasteiger partial charge in [-0.15, -0.1) is 12.4 Å². The molecule has 1 aliphatic carbocycles. The topological polar surface area (TPSA) is 81.4 Å². The molecule has 0 amide bonds. The molecule has 0 bridgehead atoms. The van der Waals surface area contributed by atoms with Crippen LogP contribution in [-0.4, -0.2) is 28.1 Å². The van der Waals surface area contributed by atoms with E-state index < -0.39 is 10.0 Å². The SMILES string of the molecule is COc1cc(S(=O)(=O)NC(CN)C2CCCC2)ccc1Br.Cl. The first kappa shape index (κ1) is 19.7. The number of benzene rings is 1. The highest BCUT2D eigenvalue weighted by Crippen LogP contribution is 2.30. The summed E-state index contributed by atoms with van der Waals surface area (Å²) in [6, 6.07) is 4.53.